The van der Waals surface area contributed by atoms with Crippen LogP contribution in [-0.4, -0.2) is 37.2 Å². The summed E-state index contributed by atoms with van der Waals surface area (Å²) in [5.74, 6) is -0.889. The van der Waals surface area contributed by atoms with Crippen LogP contribution in [-0.2, 0) is 9.59 Å². The third kappa shape index (κ3) is 3.45. The molecule has 27 heavy (non-hydrogen) atoms. The van der Waals surface area contributed by atoms with Gasteiger partial charge in [-0.3, -0.25) is 14.9 Å². The lowest BCUT2D eigenvalue weighted by molar-refractivity contribution is -0.122. The summed E-state index contributed by atoms with van der Waals surface area (Å²) in [4.78, 5) is 38.0. The van der Waals surface area contributed by atoms with E-state index in [4.69, 9.17) is 9.47 Å². The summed E-state index contributed by atoms with van der Waals surface area (Å²) < 4.78 is 10.1. The second-order valence-corrected chi connectivity index (χ2v) is 5.59. The SMILES string of the molecule is COc1ccc(N2C(=O)NC(=O)/C(=C/c3ccc(O)c(OC)c3)C2=O)cc1. The molecular formula is C19H16N2O6. The van der Waals surface area contributed by atoms with Crippen molar-refractivity contribution in [2.24, 2.45) is 0 Å². The number of rotatable bonds is 4. The summed E-state index contributed by atoms with van der Waals surface area (Å²) in [5.41, 5.74) is 0.519. The molecule has 0 aliphatic carbocycles. The molecule has 0 spiro atoms. The van der Waals surface area contributed by atoms with Crippen molar-refractivity contribution in [2.75, 3.05) is 19.1 Å². The Bertz CT molecular complexity index is 949. The third-order valence-electron chi connectivity index (χ3n) is 3.95. The first kappa shape index (κ1) is 18.0. The fraction of sp³-hybridized carbons (Fsp3) is 0.105. The summed E-state index contributed by atoms with van der Waals surface area (Å²) in [6.45, 7) is 0. The topological polar surface area (TPSA) is 105 Å². The lowest BCUT2D eigenvalue weighted by atomic mass is 10.1. The molecule has 1 heterocycles. The van der Waals surface area contributed by atoms with Gasteiger partial charge in [0.05, 0.1) is 19.9 Å². The number of barbiturate groups is 1. The fourth-order valence-corrected chi connectivity index (χ4v) is 2.57. The predicted octanol–water partition coefficient (Wildman–Crippen LogP) is 2.08. The number of amides is 4. The minimum Gasteiger partial charge on any atom is -0.504 e. The second-order valence-electron chi connectivity index (χ2n) is 5.59. The maximum atomic E-state index is 12.8. The van der Waals surface area contributed by atoms with Gasteiger partial charge in [0.15, 0.2) is 11.5 Å². The Balaban J connectivity index is 1.99. The number of hydrogen-bond acceptors (Lipinski definition) is 6. The molecule has 138 valence electrons. The van der Waals surface area contributed by atoms with E-state index < -0.39 is 17.8 Å². The van der Waals surface area contributed by atoms with E-state index in [-0.39, 0.29) is 17.1 Å². The molecule has 1 aliphatic rings. The van der Waals surface area contributed by atoms with Gasteiger partial charge in [0.2, 0.25) is 0 Å². The van der Waals surface area contributed by atoms with E-state index in [1.807, 2.05) is 0 Å². The Hall–Kier alpha value is -3.81. The molecule has 3 rings (SSSR count). The van der Waals surface area contributed by atoms with Crippen molar-refractivity contribution in [3.05, 3.63) is 53.6 Å². The monoisotopic (exact) mass is 368 g/mol. The third-order valence-corrected chi connectivity index (χ3v) is 3.95. The van der Waals surface area contributed by atoms with Crippen LogP contribution in [0.15, 0.2) is 48.0 Å². The summed E-state index contributed by atoms with van der Waals surface area (Å²) in [6, 6.07) is 9.79. The fourth-order valence-electron chi connectivity index (χ4n) is 2.57. The first-order valence-electron chi connectivity index (χ1n) is 7.87. The van der Waals surface area contributed by atoms with Crippen LogP contribution in [0.2, 0.25) is 0 Å². The first-order valence-corrected chi connectivity index (χ1v) is 7.87. The predicted molar refractivity (Wildman–Crippen MR) is 96.7 cm³/mol. The van der Waals surface area contributed by atoms with Gasteiger partial charge in [-0.15, -0.1) is 0 Å². The molecule has 0 radical (unpaired) electrons. The molecular weight excluding hydrogens is 352 g/mol. The first-order chi connectivity index (χ1) is 12.9. The highest BCUT2D eigenvalue weighted by Crippen LogP contribution is 2.28. The zero-order valence-electron chi connectivity index (χ0n) is 14.6. The van der Waals surface area contributed by atoms with E-state index in [0.717, 1.165) is 4.90 Å². The van der Waals surface area contributed by atoms with Crippen molar-refractivity contribution in [2.45, 2.75) is 0 Å². The van der Waals surface area contributed by atoms with Gasteiger partial charge in [0.1, 0.15) is 11.3 Å². The van der Waals surface area contributed by atoms with E-state index in [1.165, 1.54) is 50.6 Å². The number of phenolic OH excluding ortho intramolecular Hbond substituents is 1. The number of nitrogens with zero attached hydrogens (tertiary/aromatic N) is 1. The number of carbonyl (C=O) groups is 3. The number of urea groups is 1. The Labute approximate surface area is 154 Å². The average molecular weight is 368 g/mol. The number of imide groups is 2. The maximum absolute atomic E-state index is 12.8. The van der Waals surface area contributed by atoms with Crippen LogP contribution >= 0.6 is 0 Å². The van der Waals surface area contributed by atoms with Crippen LogP contribution < -0.4 is 19.7 Å². The van der Waals surface area contributed by atoms with Crippen LogP contribution in [0.4, 0.5) is 10.5 Å². The summed E-state index contributed by atoms with van der Waals surface area (Å²) >= 11 is 0. The Morgan fingerprint density at radius 3 is 2.33 bits per heavy atom. The highest BCUT2D eigenvalue weighted by molar-refractivity contribution is 6.39. The van der Waals surface area contributed by atoms with Crippen molar-refractivity contribution in [1.82, 2.24) is 5.32 Å². The average Bonchev–Trinajstić information content (AvgIpc) is 2.66. The molecule has 0 saturated carbocycles. The van der Waals surface area contributed by atoms with E-state index in [0.29, 0.717) is 17.0 Å². The van der Waals surface area contributed by atoms with Gasteiger partial charge in [-0.1, -0.05) is 6.07 Å². The highest BCUT2D eigenvalue weighted by Gasteiger charge is 2.36. The quantitative estimate of drug-likeness (QED) is 0.632. The van der Waals surface area contributed by atoms with Crippen molar-refractivity contribution in [1.29, 1.82) is 0 Å². The van der Waals surface area contributed by atoms with E-state index in [2.05, 4.69) is 5.32 Å². The van der Waals surface area contributed by atoms with Crippen LogP contribution in [0.3, 0.4) is 0 Å². The summed E-state index contributed by atoms with van der Waals surface area (Å²) in [6.07, 6.45) is 1.32. The van der Waals surface area contributed by atoms with Crippen molar-refractivity contribution in [3.8, 4) is 17.2 Å². The largest absolute Gasteiger partial charge is 0.504 e. The van der Waals surface area contributed by atoms with Gasteiger partial charge in [-0.2, -0.15) is 0 Å². The molecule has 2 aromatic rings. The highest BCUT2D eigenvalue weighted by atomic mass is 16.5. The minimum absolute atomic E-state index is 0.0749. The minimum atomic E-state index is -0.837. The number of nitrogens with one attached hydrogen (secondary N) is 1. The van der Waals surface area contributed by atoms with Crippen LogP contribution in [0.25, 0.3) is 6.08 Å². The smallest absolute Gasteiger partial charge is 0.335 e. The molecule has 2 aromatic carbocycles. The van der Waals surface area contributed by atoms with Crippen LogP contribution in [0, 0.1) is 0 Å². The molecule has 8 heteroatoms. The number of ether oxygens (including phenoxy) is 2. The van der Waals surface area contributed by atoms with Gasteiger partial charge in [0.25, 0.3) is 11.8 Å². The zero-order chi connectivity index (χ0) is 19.6. The second kappa shape index (κ2) is 7.20. The van der Waals surface area contributed by atoms with Gasteiger partial charge >= 0.3 is 6.03 Å². The normalized spacial score (nSPS) is 15.7. The summed E-state index contributed by atoms with van der Waals surface area (Å²) in [7, 11) is 2.88. The molecule has 2 N–H and O–H groups in total. The standard InChI is InChI=1S/C19H16N2O6/c1-26-13-6-4-12(5-7-13)21-18(24)14(17(23)20-19(21)25)9-11-3-8-15(22)16(10-11)27-2/h3-10,22H,1-2H3,(H,20,23,25)/b14-9-. The Morgan fingerprint density at radius 1 is 1.00 bits per heavy atom. The number of anilines is 1. The van der Waals surface area contributed by atoms with Crippen LogP contribution in [0.5, 0.6) is 17.2 Å². The summed E-state index contributed by atoms with van der Waals surface area (Å²) in [5, 5.41) is 11.8. The molecule has 1 saturated heterocycles. The zero-order valence-corrected chi connectivity index (χ0v) is 14.6. The molecule has 0 atom stereocenters. The lowest BCUT2D eigenvalue weighted by Crippen LogP contribution is -2.54. The number of benzene rings is 2. The van der Waals surface area contributed by atoms with E-state index in [1.54, 1.807) is 12.1 Å². The van der Waals surface area contributed by atoms with Gasteiger partial charge in [-0.25, -0.2) is 9.69 Å². The van der Waals surface area contributed by atoms with Gasteiger partial charge in [0, 0.05) is 0 Å². The molecule has 0 bridgehead atoms. The van der Waals surface area contributed by atoms with Crippen molar-refractivity contribution >= 4 is 29.6 Å². The molecule has 8 nitrogen and oxygen atoms in total. The lowest BCUT2D eigenvalue weighted by Gasteiger charge is -2.26. The van der Waals surface area contributed by atoms with Crippen LogP contribution in [0.1, 0.15) is 5.56 Å². The van der Waals surface area contributed by atoms with E-state index in [9.17, 15) is 19.5 Å². The molecule has 1 fully saturated rings. The maximum Gasteiger partial charge on any atom is 0.335 e. The number of aromatic hydroxyl groups is 1. The van der Waals surface area contributed by atoms with Gasteiger partial charge in [-0.05, 0) is 48.0 Å². The number of phenols is 1. The number of hydrogen-bond donors (Lipinski definition) is 2. The number of carbonyl (C=O) groups excluding carboxylic acids is 3. The Kier molecular flexibility index (Phi) is 4.80. The molecule has 4 amide bonds. The molecule has 1 aliphatic heterocycles. The van der Waals surface area contributed by atoms with Crippen molar-refractivity contribution in [3.63, 3.8) is 0 Å². The number of methoxy groups -OCH3 is 2. The van der Waals surface area contributed by atoms with Crippen molar-refractivity contribution < 1.29 is 29.0 Å². The Morgan fingerprint density at radius 2 is 1.70 bits per heavy atom. The molecule has 0 aromatic heterocycles. The molecule has 0 unspecified atom stereocenters. The van der Waals surface area contributed by atoms with E-state index >= 15 is 0 Å². The van der Waals surface area contributed by atoms with Gasteiger partial charge < -0.3 is 14.6 Å².